The molecule has 0 saturated carbocycles. The van der Waals surface area contributed by atoms with Crippen LogP contribution in [0.4, 0.5) is 5.00 Å². The highest BCUT2D eigenvalue weighted by molar-refractivity contribution is 9.13. The van der Waals surface area contributed by atoms with Crippen molar-refractivity contribution in [1.82, 2.24) is 5.32 Å². The van der Waals surface area contributed by atoms with Crippen molar-refractivity contribution in [2.24, 2.45) is 5.92 Å². The first-order chi connectivity index (χ1) is 12.4. The minimum atomic E-state index is -0.548. The van der Waals surface area contributed by atoms with Crippen LogP contribution >= 0.6 is 43.2 Å². The smallest absolute Gasteiger partial charge is 0.256 e. The fourth-order valence-electron chi connectivity index (χ4n) is 3.64. The van der Waals surface area contributed by atoms with E-state index < -0.39 is 6.17 Å². The molecule has 3 N–H and O–H groups in total. The van der Waals surface area contributed by atoms with Crippen LogP contribution in [0.3, 0.4) is 0 Å². The fraction of sp³-hybridized carbons (Fsp3) is 0.389. The Kier molecular flexibility index (Phi) is 4.69. The molecule has 2 heterocycles. The molecule has 5 nitrogen and oxygen atoms in total. The highest BCUT2D eigenvalue weighted by Gasteiger charge is 2.35. The summed E-state index contributed by atoms with van der Waals surface area (Å²) in [5.74, 6) is 0.894. The van der Waals surface area contributed by atoms with E-state index in [9.17, 15) is 9.90 Å². The standard InChI is InChI=1S/C18H18Br2N2O3S/c1-7-3-4-8-11(5-7)26-18-12(8)17(24)21-16(22-18)13-14(20)9(19)6-10(25-2)15(13)23/h6-7,16,22-23H,3-5H2,1-2H3,(H,21,24)/t7-,16+/m1/s1. The number of hydrogen-bond donors (Lipinski definition) is 3. The van der Waals surface area contributed by atoms with Crippen LogP contribution in [-0.2, 0) is 12.8 Å². The van der Waals surface area contributed by atoms with Gasteiger partial charge >= 0.3 is 0 Å². The Bertz CT molecular complexity index is 913. The maximum Gasteiger partial charge on any atom is 0.256 e. The third-order valence-corrected chi connectivity index (χ3v) is 8.19. The topological polar surface area (TPSA) is 70.6 Å². The van der Waals surface area contributed by atoms with Crippen molar-refractivity contribution < 1.29 is 14.6 Å². The summed E-state index contributed by atoms with van der Waals surface area (Å²) in [6, 6.07) is 1.68. The molecule has 0 unspecified atom stereocenters. The van der Waals surface area contributed by atoms with E-state index in [1.165, 1.54) is 17.6 Å². The predicted molar refractivity (Wildman–Crippen MR) is 109 cm³/mol. The SMILES string of the molecule is COc1cc(Br)c(Br)c([C@H]2NC(=O)c3c(sc4c3CC[C@@H](C)C4)N2)c1O. The zero-order valence-electron chi connectivity index (χ0n) is 14.3. The highest BCUT2D eigenvalue weighted by atomic mass is 79.9. The van der Waals surface area contributed by atoms with Crippen molar-refractivity contribution in [1.29, 1.82) is 0 Å². The van der Waals surface area contributed by atoms with Crippen LogP contribution in [0, 0.1) is 5.92 Å². The lowest BCUT2D eigenvalue weighted by Crippen LogP contribution is -2.38. The van der Waals surface area contributed by atoms with Crippen LogP contribution in [0.1, 0.15) is 45.9 Å². The van der Waals surface area contributed by atoms with E-state index in [0.29, 0.717) is 21.7 Å². The first-order valence-electron chi connectivity index (χ1n) is 8.37. The average Bonchev–Trinajstić information content (AvgIpc) is 2.96. The minimum Gasteiger partial charge on any atom is -0.504 e. The van der Waals surface area contributed by atoms with Gasteiger partial charge in [-0.1, -0.05) is 6.92 Å². The molecule has 0 fully saturated rings. The summed E-state index contributed by atoms with van der Waals surface area (Å²) in [5, 5.41) is 17.9. The molecule has 8 heteroatoms. The summed E-state index contributed by atoms with van der Waals surface area (Å²) >= 11 is 8.62. The largest absolute Gasteiger partial charge is 0.504 e. The van der Waals surface area contributed by atoms with Crippen LogP contribution in [0.15, 0.2) is 15.0 Å². The van der Waals surface area contributed by atoms with Gasteiger partial charge in [-0.3, -0.25) is 4.79 Å². The lowest BCUT2D eigenvalue weighted by molar-refractivity contribution is 0.0934. The van der Waals surface area contributed by atoms with Crippen molar-refractivity contribution >= 4 is 54.1 Å². The van der Waals surface area contributed by atoms with Gasteiger partial charge < -0.3 is 20.5 Å². The first-order valence-corrected chi connectivity index (χ1v) is 10.8. The maximum absolute atomic E-state index is 12.9. The van der Waals surface area contributed by atoms with Crippen LogP contribution in [0.25, 0.3) is 0 Å². The second-order valence-electron chi connectivity index (χ2n) is 6.74. The summed E-state index contributed by atoms with van der Waals surface area (Å²) in [5.41, 5.74) is 2.49. The molecule has 138 valence electrons. The molecule has 1 aliphatic heterocycles. The van der Waals surface area contributed by atoms with E-state index in [-0.39, 0.29) is 11.7 Å². The number of rotatable bonds is 2. The zero-order valence-corrected chi connectivity index (χ0v) is 18.3. The highest BCUT2D eigenvalue weighted by Crippen LogP contribution is 2.47. The molecular weight excluding hydrogens is 484 g/mol. The number of thiophene rings is 1. The number of amides is 1. The Morgan fingerprint density at radius 3 is 2.85 bits per heavy atom. The van der Waals surface area contributed by atoms with Gasteiger partial charge in [0.1, 0.15) is 11.2 Å². The van der Waals surface area contributed by atoms with Gasteiger partial charge in [-0.2, -0.15) is 0 Å². The lowest BCUT2D eigenvalue weighted by Gasteiger charge is -2.28. The van der Waals surface area contributed by atoms with Crippen molar-refractivity contribution in [2.75, 3.05) is 12.4 Å². The van der Waals surface area contributed by atoms with E-state index in [1.807, 2.05) is 0 Å². The molecule has 26 heavy (non-hydrogen) atoms. The number of benzene rings is 1. The minimum absolute atomic E-state index is 0.00114. The molecule has 1 aromatic heterocycles. The summed E-state index contributed by atoms with van der Waals surface area (Å²) in [6.45, 7) is 2.25. The molecule has 2 atom stereocenters. The van der Waals surface area contributed by atoms with Crippen LogP contribution in [0.2, 0.25) is 0 Å². The molecule has 1 aromatic carbocycles. The Labute approximate surface area is 172 Å². The van der Waals surface area contributed by atoms with Crippen LogP contribution in [-0.4, -0.2) is 18.1 Å². The first kappa shape index (κ1) is 18.1. The summed E-state index contributed by atoms with van der Waals surface area (Å²) in [7, 11) is 1.50. The van der Waals surface area contributed by atoms with Crippen LogP contribution in [0.5, 0.6) is 11.5 Å². The number of anilines is 1. The van der Waals surface area contributed by atoms with E-state index in [2.05, 4.69) is 49.4 Å². The van der Waals surface area contributed by atoms with Crippen molar-refractivity contribution in [3.8, 4) is 11.5 Å². The van der Waals surface area contributed by atoms with Gasteiger partial charge in [-0.15, -0.1) is 11.3 Å². The Morgan fingerprint density at radius 2 is 2.12 bits per heavy atom. The monoisotopic (exact) mass is 500 g/mol. The number of phenolic OH excluding ortho intramolecular Hbond substituents is 1. The fourth-order valence-corrected chi connectivity index (χ4v) is 6.03. The van der Waals surface area contributed by atoms with Crippen molar-refractivity contribution in [2.45, 2.75) is 32.4 Å². The van der Waals surface area contributed by atoms with Gasteiger partial charge in [0, 0.05) is 13.8 Å². The number of carbonyl (C=O) groups excluding carboxylic acids is 1. The van der Waals surface area contributed by atoms with Gasteiger partial charge in [0.15, 0.2) is 11.5 Å². The molecule has 1 aliphatic carbocycles. The number of ether oxygens (including phenoxy) is 1. The van der Waals surface area contributed by atoms with Gasteiger partial charge in [0.25, 0.3) is 5.91 Å². The zero-order chi connectivity index (χ0) is 18.6. The summed E-state index contributed by atoms with van der Waals surface area (Å²) in [4.78, 5) is 14.2. The van der Waals surface area contributed by atoms with Gasteiger partial charge in [0.2, 0.25) is 0 Å². The molecule has 0 spiro atoms. The number of halogens is 2. The normalized spacial score (nSPS) is 21.5. The molecule has 0 radical (unpaired) electrons. The quantitative estimate of drug-likeness (QED) is 0.543. The molecule has 2 aromatic rings. The third-order valence-electron chi connectivity index (χ3n) is 4.99. The van der Waals surface area contributed by atoms with Gasteiger partial charge in [0.05, 0.1) is 18.2 Å². The van der Waals surface area contributed by atoms with E-state index in [4.69, 9.17) is 4.74 Å². The van der Waals surface area contributed by atoms with Gasteiger partial charge in [-0.25, -0.2) is 0 Å². The number of hydrogen-bond acceptors (Lipinski definition) is 5. The van der Waals surface area contributed by atoms with Gasteiger partial charge in [-0.05, 0) is 68.7 Å². The Morgan fingerprint density at radius 1 is 1.35 bits per heavy atom. The number of fused-ring (bicyclic) bond motifs is 3. The van der Waals surface area contributed by atoms with Crippen molar-refractivity contribution in [3.05, 3.63) is 36.6 Å². The molecule has 0 saturated heterocycles. The van der Waals surface area contributed by atoms with Crippen molar-refractivity contribution in [3.63, 3.8) is 0 Å². The molecule has 0 bridgehead atoms. The average molecular weight is 502 g/mol. The second kappa shape index (κ2) is 6.73. The molecule has 2 aliphatic rings. The Balaban J connectivity index is 1.77. The molecular formula is C18H18Br2N2O3S. The predicted octanol–water partition coefficient (Wildman–Crippen LogP) is 4.97. The number of aromatic hydroxyl groups is 1. The lowest BCUT2D eigenvalue weighted by atomic mass is 9.88. The third kappa shape index (κ3) is 2.82. The van der Waals surface area contributed by atoms with Crippen LogP contribution < -0.4 is 15.4 Å². The summed E-state index contributed by atoms with van der Waals surface area (Å²) in [6.07, 6.45) is 2.53. The van der Waals surface area contributed by atoms with E-state index >= 15 is 0 Å². The molecule has 1 amide bonds. The number of nitrogens with one attached hydrogen (secondary N) is 2. The Hall–Kier alpha value is -1.25. The number of phenols is 1. The summed E-state index contributed by atoms with van der Waals surface area (Å²) < 4.78 is 6.66. The molecule has 4 rings (SSSR count). The number of carbonyl (C=O) groups is 1. The number of methoxy groups -OCH3 is 1. The van der Waals surface area contributed by atoms with E-state index in [0.717, 1.165) is 34.3 Å². The maximum atomic E-state index is 12.9. The van der Waals surface area contributed by atoms with E-state index in [1.54, 1.807) is 17.4 Å². The second-order valence-corrected chi connectivity index (χ2v) is 9.50.